The van der Waals surface area contributed by atoms with E-state index in [4.69, 9.17) is 0 Å². The summed E-state index contributed by atoms with van der Waals surface area (Å²) in [7, 11) is 0. The summed E-state index contributed by atoms with van der Waals surface area (Å²) in [5, 5.41) is 15.3. The van der Waals surface area contributed by atoms with E-state index in [1.165, 1.54) is 17.7 Å². The van der Waals surface area contributed by atoms with Gasteiger partial charge in [-0.3, -0.25) is 0 Å². The summed E-state index contributed by atoms with van der Waals surface area (Å²) in [5.41, 5.74) is 0. The molecule has 2 N–H and O–H groups in total. The van der Waals surface area contributed by atoms with Gasteiger partial charge in [-0.15, -0.1) is 11.3 Å². The highest BCUT2D eigenvalue weighted by atomic mass is 79.9. The number of halogens is 1. The molecule has 1 unspecified atom stereocenters. The molecule has 0 aliphatic carbocycles. The Hall–Kier alpha value is 0.0600. The van der Waals surface area contributed by atoms with E-state index in [2.05, 4.69) is 37.6 Å². The first-order valence-electron chi connectivity index (χ1n) is 6.08. The Kier molecular flexibility index (Phi) is 5.44. The zero-order chi connectivity index (χ0) is 12.1. The fourth-order valence-electron chi connectivity index (χ4n) is 2.14. The molecule has 1 aromatic rings. The van der Waals surface area contributed by atoms with Gasteiger partial charge in [0.1, 0.15) is 0 Å². The minimum Gasteiger partial charge on any atom is -0.390 e. The van der Waals surface area contributed by atoms with Crippen LogP contribution in [0.2, 0.25) is 0 Å². The monoisotopic (exact) mass is 318 g/mol. The van der Waals surface area contributed by atoms with Gasteiger partial charge in [-0.05, 0) is 47.9 Å². The van der Waals surface area contributed by atoms with Gasteiger partial charge in [0, 0.05) is 34.4 Å². The Balaban J connectivity index is 1.60. The van der Waals surface area contributed by atoms with Gasteiger partial charge >= 0.3 is 0 Å². The molecule has 96 valence electrons. The average Bonchev–Trinajstić information content (AvgIpc) is 2.90. The molecular weight excluding hydrogens is 300 g/mol. The van der Waals surface area contributed by atoms with Gasteiger partial charge in [0.15, 0.2) is 0 Å². The third-order valence-corrected chi connectivity index (χ3v) is 4.67. The fraction of sp³-hybridized carbons (Fsp3) is 0.667. The highest BCUT2D eigenvalue weighted by Gasteiger charge is 2.15. The van der Waals surface area contributed by atoms with Crippen LogP contribution in [0.5, 0.6) is 0 Å². The molecule has 0 saturated carbocycles. The summed E-state index contributed by atoms with van der Waals surface area (Å²) < 4.78 is 1.14. The Bertz CT molecular complexity index is 339. The number of nitrogens with one attached hydrogen (secondary N) is 1. The van der Waals surface area contributed by atoms with Gasteiger partial charge in [-0.1, -0.05) is 0 Å². The molecule has 0 aromatic carbocycles. The topological polar surface area (TPSA) is 35.5 Å². The van der Waals surface area contributed by atoms with Crippen LogP contribution in [0.15, 0.2) is 15.9 Å². The molecule has 0 bridgehead atoms. The van der Waals surface area contributed by atoms with E-state index in [1.54, 1.807) is 11.3 Å². The summed E-state index contributed by atoms with van der Waals surface area (Å²) in [4.78, 5) is 3.64. The highest BCUT2D eigenvalue weighted by molar-refractivity contribution is 9.10. The van der Waals surface area contributed by atoms with Crippen LogP contribution < -0.4 is 5.32 Å². The van der Waals surface area contributed by atoms with E-state index in [0.717, 1.165) is 30.7 Å². The molecule has 0 radical (unpaired) electrons. The molecule has 1 saturated heterocycles. The number of β-amino-alcohol motifs (C(OH)–C–C–N with tert-alkyl or cyclic N) is 1. The lowest BCUT2D eigenvalue weighted by Crippen LogP contribution is -2.36. The SMILES string of the molecule is OC(CNCc1cc(Br)cs1)CN1CCCC1. The number of rotatable bonds is 6. The van der Waals surface area contributed by atoms with Gasteiger partial charge in [0.05, 0.1) is 6.10 Å². The first-order chi connectivity index (χ1) is 8.24. The predicted molar refractivity (Wildman–Crippen MR) is 75.4 cm³/mol. The summed E-state index contributed by atoms with van der Waals surface area (Å²) >= 11 is 5.17. The lowest BCUT2D eigenvalue weighted by Gasteiger charge is -2.19. The summed E-state index contributed by atoms with van der Waals surface area (Å²) in [6.45, 7) is 4.62. The van der Waals surface area contributed by atoms with Gasteiger partial charge in [0.25, 0.3) is 0 Å². The van der Waals surface area contributed by atoms with Crippen molar-refractivity contribution in [1.82, 2.24) is 10.2 Å². The molecule has 3 nitrogen and oxygen atoms in total. The third kappa shape index (κ3) is 4.67. The number of likely N-dealkylation sites (tertiary alicyclic amines) is 1. The molecule has 1 aromatic heterocycles. The van der Waals surface area contributed by atoms with Crippen LogP contribution in [0, 0.1) is 0 Å². The van der Waals surface area contributed by atoms with E-state index in [-0.39, 0.29) is 6.10 Å². The van der Waals surface area contributed by atoms with E-state index in [1.807, 2.05) is 0 Å². The number of thiophene rings is 1. The minimum absolute atomic E-state index is 0.253. The highest BCUT2D eigenvalue weighted by Crippen LogP contribution is 2.19. The van der Waals surface area contributed by atoms with Crippen molar-refractivity contribution < 1.29 is 5.11 Å². The lowest BCUT2D eigenvalue weighted by molar-refractivity contribution is 0.123. The smallest absolute Gasteiger partial charge is 0.0791 e. The second-order valence-electron chi connectivity index (χ2n) is 4.52. The molecule has 0 amide bonds. The van der Waals surface area contributed by atoms with Crippen molar-refractivity contribution in [2.24, 2.45) is 0 Å². The second kappa shape index (κ2) is 6.85. The molecule has 1 aliphatic heterocycles. The maximum Gasteiger partial charge on any atom is 0.0791 e. The lowest BCUT2D eigenvalue weighted by atomic mass is 10.3. The summed E-state index contributed by atoms with van der Waals surface area (Å²) in [6.07, 6.45) is 2.31. The standard InChI is InChI=1S/C12H19BrN2OS/c13-10-5-12(17-9-10)7-14-6-11(16)8-15-3-1-2-4-15/h5,9,11,14,16H,1-4,6-8H2. The van der Waals surface area contributed by atoms with E-state index < -0.39 is 0 Å². The first kappa shape index (κ1) is 13.5. The Morgan fingerprint density at radius 3 is 2.88 bits per heavy atom. The fourth-order valence-corrected chi connectivity index (χ4v) is 3.56. The second-order valence-corrected chi connectivity index (χ2v) is 6.44. The van der Waals surface area contributed by atoms with Gasteiger partial charge < -0.3 is 15.3 Å². The largest absolute Gasteiger partial charge is 0.390 e. The maximum absolute atomic E-state index is 9.88. The Labute approximate surface area is 115 Å². The van der Waals surface area contributed by atoms with Crippen LogP contribution in [0.3, 0.4) is 0 Å². The van der Waals surface area contributed by atoms with Gasteiger partial charge in [-0.2, -0.15) is 0 Å². The van der Waals surface area contributed by atoms with Crippen LogP contribution in [0.1, 0.15) is 17.7 Å². The zero-order valence-electron chi connectivity index (χ0n) is 9.86. The summed E-state index contributed by atoms with van der Waals surface area (Å²) in [6, 6.07) is 2.12. The van der Waals surface area contributed by atoms with Crippen molar-refractivity contribution in [3.8, 4) is 0 Å². The van der Waals surface area contributed by atoms with E-state index in [0.29, 0.717) is 6.54 Å². The number of hydrogen-bond donors (Lipinski definition) is 2. The number of aliphatic hydroxyl groups excluding tert-OH is 1. The normalized spacial score (nSPS) is 18.7. The number of nitrogens with zero attached hydrogens (tertiary/aromatic N) is 1. The summed E-state index contributed by atoms with van der Waals surface area (Å²) in [5.74, 6) is 0. The first-order valence-corrected chi connectivity index (χ1v) is 7.75. The van der Waals surface area contributed by atoms with E-state index >= 15 is 0 Å². The molecular formula is C12H19BrN2OS. The predicted octanol–water partition coefficient (Wildman–Crippen LogP) is 2.06. The van der Waals surface area contributed by atoms with Crippen molar-refractivity contribution in [3.05, 3.63) is 20.8 Å². The molecule has 1 fully saturated rings. The van der Waals surface area contributed by atoms with Gasteiger partial charge in [0.2, 0.25) is 0 Å². The van der Waals surface area contributed by atoms with Crippen LogP contribution in [0.25, 0.3) is 0 Å². The van der Waals surface area contributed by atoms with Crippen LogP contribution >= 0.6 is 27.3 Å². The molecule has 2 rings (SSSR count). The quantitative estimate of drug-likeness (QED) is 0.842. The third-order valence-electron chi connectivity index (χ3n) is 2.97. The van der Waals surface area contributed by atoms with Crippen LogP contribution in [0.4, 0.5) is 0 Å². The van der Waals surface area contributed by atoms with Crippen molar-refractivity contribution in [2.45, 2.75) is 25.5 Å². The molecule has 1 atom stereocenters. The average molecular weight is 319 g/mol. The van der Waals surface area contributed by atoms with Crippen LogP contribution in [-0.4, -0.2) is 42.3 Å². The molecule has 17 heavy (non-hydrogen) atoms. The Morgan fingerprint density at radius 2 is 2.24 bits per heavy atom. The number of aliphatic hydroxyl groups is 1. The zero-order valence-corrected chi connectivity index (χ0v) is 12.3. The molecule has 5 heteroatoms. The maximum atomic E-state index is 9.88. The number of hydrogen-bond acceptors (Lipinski definition) is 4. The van der Waals surface area contributed by atoms with E-state index in [9.17, 15) is 5.11 Å². The van der Waals surface area contributed by atoms with Crippen molar-refractivity contribution in [3.63, 3.8) is 0 Å². The molecule has 2 heterocycles. The molecule has 0 spiro atoms. The van der Waals surface area contributed by atoms with Crippen molar-refractivity contribution in [1.29, 1.82) is 0 Å². The minimum atomic E-state index is -0.253. The molecule has 1 aliphatic rings. The van der Waals surface area contributed by atoms with Gasteiger partial charge in [-0.25, -0.2) is 0 Å². The van der Waals surface area contributed by atoms with Crippen LogP contribution in [-0.2, 0) is 6.54 Å². The Morgan fingerprint density at radius 1 is 1.47 bits per heavy atom. The van der Waals surface area contributed by atoms with Crippen molar-refractivity contribution >= 4 is 27.3 Å². The van der Waals surface area contributed by atoms with Crippen molar-refractivity contribution in [2.75, 3.05) is 26.2 Å².